The van der Waals surface area contributed by atoms with Crippen molar-refractivity contribution in [2.45, 2.75) is 0 Å². The molecular formula is C14H11ClN2O2. The molecule has 5 heteroatoms. The largest absolute Gasteiger partial charge is 0.350 e. The van der Waals surface area contributed by atoms with Crippen LogP contribution in [0.2, 0.25) is 0 Å². The Morgan fingerprint density at radius 1 is 1.05 bits per heavy atom. The molecule has 2 aromatic rings. The van der Waals surface area contributed by atoms with Crippen LogP contribution in [0.15, 0.2) is 35.5 Å². The number of imide groups is 1. The first kappa shape index (κ1) is 12.0. The summed E-state index contributed by atoms with van der Waals surface area (Å²) in [6.07, 6.45) is 1.83. The molecule has 0 saturated carbocycles. The second kappa shape index (κ2) is 3.96. The minimum Gasteiger partial charge on any atom is -0.350 e. The van der Waals surface area contributed by atoms with Crippen molar-refractivity contribution in [2.24, 2.45) is 7.05 Å². The Kier molecular flexibility index (Phi) is 2.50. The Bertz CT molecular complexity index is 758. The Hall–Kier alpha value is -2.07. The summed E-state index contributed by atoms with van der Waals surface area (Å²) in [5, 5.41) is 0.901. The Morgan fingerprint density at radius 2 is 1.74 bits per heavy atom. The zero-order valence-electron chi connectivity index (χ0n) is 10.5. The summed E-state index contributed by atoms with van der Waals surface area (Å²) >= 11 is 6.02. The number of benzene rings is 1. The first-order valence-corrected chi connectivity index (χ1v) is 6.16. The number of aromatic nitrogens is 1. The number of amides is 2. The van der Waals surface area contributed by atoms with Crippen LogP contribution in [-0.2, 0) is 16.6 Å². The number of fused-ring (bicyclic) bond motifs is 1. The average molecular weight is 275 g/mol. The minimum absolute atomic E-state index is 0.0103. The fourth-order valence-electron chi connectivity index (χ4n) is 2.38. The summed E-state index contributed by atoms with van der Waals surface area (Å²) in [6.45, 7) is 0. The van der Waals surface area contributed by atoms with Crippen molar-refractivity contribution in [1.29, 1.82) is 0 Å². The molecule has 1 aliphatic heterocycles. The molecule has 0 unspecified atom stereocenters. The third kappa shape index (κ3) is 1.53. The molecule has 0 atom stereocenters. The van der Waals surface area contributed by atoms with E-state index in [9.17, 15) is 9.59 Å². The number of carbonyl (C=O) groups is 2. The predicted octanol–water partition coefficient (Wildman–Crippen LogP) is 2.13. The Morgan fingerprint density at radius 3 is 2.37 bits per heavy atom. The molecule has 1 aliphatic rings. The van der Waals surface area contributed by atoms with E-state index in [4.69, 9.17) is 11.6 Å². The summed E-state index contributed by atoms with van der Waals surface area (Å²) < 4.78 is 1.91. The van der Waals surface area contributed by atoms with Crippen LogP contribution in [0.1, 0.15) is 5.56 Å². The van der Waals surface area contributed by atoms with Crippen molar-refractivity contribution in [1.82, 2.24) is 9.47 Å². The van der Waals surface area contributed by atoms with Crippen molar-refractivity contribution >= 4 is 39.9 Å². The van der Waals surface area contributed by atoms with Crippen molar-refractivity contribution < 1.29 is 9.59 Å². The van der Waals surface area contributed by atoms with Gasteiger partial charge in [-0.1, -0.05) is 29.8 Å². The van der Waals surface area contributed by atoms with E-state index in [-0.39, 0.29) is 16.5 Å². The lowest BCUT2D eigenvalue weighted by Crippen LogP contribution is -2.26. The topological polar surface area (TPSA) is 42.3 Å². The highest BCUT2D eigenvalue weighted by Gasteiger charge is 2.36. The first-order valence-electron chi connectivity index (χ1n) is 5.79. The molecule has 1 aromatic heterocycles. The minimum atomic E-state index is -0.449. The van der Waals surface area contributed by atoms with Gasteiger partial charge < -0.3 is 4.57 Å². The van der Waals surface area contributed by atoms with Gasteiger partial charge in [0.2, 0.25) is 0 Å². The maximum absolute atomic E-state index is 12.1. The smallest absolute Gasteiger partial charge is 0.272 e. The molecule has 3 rings (SSSR count). The molecular weight excluding hydrogens is 264 g/mol. The van der Waals surface area contributed by atoms with Crippen molar-refractivity contribution in [3.63, 3.8) is 0 Å². The van der Waals surface area contributed by atoms with Gasteiger partial charge in [0.05, 0.1) is 5.57 Å². The number of carbonyl (C=O) groups excluding carboxylic acids is 2. The second-order valence-electron chi connectivity index (χ2n) is 4.53. The molecule has 0 fully saturated rings. The zero-order chi connectivity index (χ0) is 13.7. The molecule has 19 heavy (non-hydrogen) atoms. The van der Waals surface area contributed by atoms with Crippen LogP contribution >= 0.6 is 11.6 Å². The molecule has 0 aliphatic carbocycles. The van der Waals surface area contributed by atoms with Crippen LogP contribution in [0, 0.1) is 0 Å². The lowest BCUT2D eigenvalue weighted by molar-refractivity contribution is -0.134. The number of likely N-dealkylation sites (N-methyl/N-ethyl adjacent to an activating group) is 1. The van der Waals surface area contributed by atoms with E-state index in [0.29, 0.717) is 5.56 Å². The normalized spacial score (nSPS) is 16.1. The number of hydrogen-bond donors (Lipinski definition) is 0. The predicted molar refractivity (Wildman–Crippen MR) is 73.5 cm³/mol. The quantitative estimate of drug-likeness (QED) is 0.748. The van der Waals surface area contributed by atoms with E-state index in [1.165, 1.54) is 7.05 Å². The lowest BCUT2D eigenvalue weighted by Gasteiger charge is -2.05. The van der Waals surface area contributed by atoms with Crippen LogP contribution < -0.4 is 0 Å². The van der Waals surface area contributed by atoms with Gasteiger partial charge in [-0.2, -0.15) is 0 Å². The van der Waals surface area contributed by atoms with Crippen LogP contribution in [0.5, 0.6) is 0 Å². The highest BCUT2D eigenvalue weighted by atomic mass is 35.5. The fourth-order valence-corrected chi connectivity index (χ4v) is 2.69. The summed E-state index contributed by atoms with van der Waals surface area (Å²) in [7, 11) is 3.33. The number of nitrogens with zero attached hydrogens (tertiary/aromatic N) is 2. The number of aryl methyl sites for hydroxylation is 1. The Labute approximate surface area is 114 Å². The molecule has 0 radical (unpaired) electrons. The second-order valence-corrected chi connectivity index (χ2v) is 4.91. The third-order valence-corrected chi connectivity index (χ3v) is 3.75. The summed E-state index contributed by atoms with van der Waals surface area (Å²) in [5.74, 6) is -0.805. The van der Waals surface area contributed by atoms with Gasteiger partial charge in [0.25, 0.3) is 11.8 Å². The van der Waals surface area contributed by atoms with Gasteiger partial charge in [0, 0.05) is 36.8 Å². The van der Waals surface area contributed by atoms with E-state index < -0.39 is 5.91 Å². The van der Waals surface area contributed by atoms with Crippen molar-refractivity contribution in [3.05, 3.63) is 41.1 Å². The van der Waals surface area contributed by atoms with Gasteiger partial charge in [-0.05, 0) is 6.07 Å². The average Bonchev–Trinajstić information content (AvgIpc) is 2.83. The van der Waals surface area contributed by atoms with Gasteiger partial charge in [0.15, 0.2) is 0 Å². The third-order valence-electron chi connectivity index (χ3n) is 3.40. The van der Waals surface area contributed by atoms with E-state index >= 15 is 0 Å². The van der Waals surface area contributed by atoms with Crippen LogP contribution in [-0.4, -0.2) is 28.3 Å². The number of rotatable bonds is 1. The molecule has 0 N–H and O–H groups in total. The molecule has 2 amide bonds. The number of halogens is 1. The van der Waals surface area contributed by atoms with E-state index in [0.717, 1.165) is 15.8 Å². The van der Waals surface area contributed by atoms with Gasteiger partial charge in [0.1, 0.15) is 5.03 Å². The van der Waals surface area contributed by atoms with E-state index in [1.807, 2.05) is 42.1 Å². The van der Waals surface area contributed by atoms with Gasteiger partial charge in [-0.25, -0.2) is 0 Å². The first-order chi connectivity index (χ1) is 9.02. The van der Waals surface area contributed by atoms with E-state index in [2.05, 4.69) is 0 Å². The molecule has 0 spiro atoms. The van der Waals surface area contributed by atoms with Crippen molar-refractivity contribution in [2.75, 3.05) is 7.05 Å². The number of hydrogen-bond acceptors (Lipinski definition) is 2. The van der Waals surface area contributed by atoms with Crippen molar-refractivity contribution in [3.8, 4) is 0 Å². The van der Waals surface area contributed by atoms with Crippen LogP contribution in [0.25, 0.3) is 16.5 Å². The lowest BCUT2D eigenvalue weighted by atomic mass is 10.1. The summed E-state index contributed by atoms with van der Waals surface area (Å²) in [6, 6.07) is 7.69. The van der Waals surface area contributed by atoms with Gasteiger partial charge in [-0.15, -0.1) is 0 Å². The zero-order valence-corrected chi connectivity index (χ0v) is 11.2. The Balaban J connectivity index is 2.32. The van der Waals surface area contributed by atoms with Crippen LogP contribution in [0.4, 0.5) is 0 Å². The molecule has 1 aromatic carbocycles. The molecule has 96 valence electrons. The SMILES string of the molecule is CN1C(=O)C(Cl)=C(c2cn(C)c3ccccc23)C1=O. The molecule has 0 saturated heterocycles. The molecule has 2 heterocycles. The summed E-state index contributed by atoms with van der Waals surface area (Å²) in [5.41, 5.74) is 1.97. The number of para-hydroxylation sites is 1. The summed E-state index contributed by atoms with van der Waals surface area (Å²) in [4.78, 5) is 24.9. The maximum Gasteiger partial charge on any atom is 0.272 e. The highest BCUT2D eigenvalue weighted by molar-refractivity contribution is 6.55. The van der Waals surface area contributed by atoms with E-state index in [1.54, 1.807) is 0 Å². The highest BCUT2D eigenvalue weighted by Crippen LogP contribution is 2.35. The van der Waals surface area contributed by atoms with Gasteiger partial charge in [-0.3, -0.25) is 14.5 Å². The monoisotopic (exact) mass is 274 g/mol. The molecule has 4 nitrogen and oxygen atoms in total. The van der Waals surface area contributed by atoms with Crippen LogP contribution in [0.3, 0.4) is 0 Å². The maximum atomic E-state index is 12.1. The standard InChI is InChI=1S/C14H11ClN2O2/c1-16-7-9(8-5-3-4-6-10(8)16)11-12(15)14(19)17(2)13(11)18/h3-7H,1-2H3. The fraction of sp³-hybridized carbons (Fsp3) is 0.143. The molecule has 0 bridgehead atoms. The van der Waals surface area contributed by atoms with Gasteiger partial charge >= 0.3 is 0 Å².